The first-order chi connectivity index (χ1) is 6.75. The molecule has 0 fully saturated rings. The third-order valence-corrected chi connectivity index (χ3v) is 2.62. The second-order valence-corrected chi connectivity index (χ2v) is 4.35. The Morgan fingerprint density at radius 2 is 1.93 bits per heavy atom. The van der Waals surface area contributed by atoms with Crippen molar-refractivity contribution in [1.82, 2.24) is 9.97 Å². The zero-order valence-corrected chi connectivity index (χ0v) is 10.3. The largest absolute Gasteiger partial charge is 0.231 e. The first-order valence-corrected chi connectivity index (χ1v) is 5.59. The molecule has 1 heterocycles. The van der Waals surface area contributed by atoms with Gasteiger partial charge in [0.15, 0.2) is 4.73 Å². The Bertz CT molecular complexity index is 414. The Balaban J connectivity index is 2.49. The molecule has 0 spiro atoms. The van der Waals surface area contributed by atoms with Gasteiger partial charge in [-0.05, 0) is 34.1 Å². The molecule has 1 aromatic heterocycles. The molecule has 2 aromatic rings. The molecule has 0 radical (unpaired) electrons. The zero-order chi connectivity index (χ0) is 9.97. The van der Waals surface area contributed by atoms with E-state index in [-0.39, 0.29) is 0 Å². The van der Waals surface area contributed by atoms with Gasteiger partial charge >= 0.3 is 0 Å². The van der Waals surface area contributed by atoms with E-state index in [9.17, 15) is 0 Å². The minimum absolute atomic E-state index is 0.606. The molecule has 1 aromatic carbocycles. The number of aromatic nitrogens is 2. The minimum atomic E-state index is 0.606. The van der Waals surface area contributed by atoms with Crippen LogP contribution in [0.2, 0.25) is 0 Å². The Labute approximate surface area is 98.7 Å². The van der Waals surface area contributed by atoms with Crippen molar-refractivity contribution in [1.29, 1.82) is 0 Å². The average Bonchev–Trinajstić information content (AvgIpc) is 2.18. The molecule has 0 bridgehead atoms. The van der Waals surface area contributed by atoms with Gasteiger partial charge in [0, 0.05) is 16.2 Å². The van der Waals surface area contributed by atoms with E-state index in [0.717, 1.165) is 15.7 Å². The average molecular weight is 314 g/mol. The van der Waals surface area contributed by atoms with Gasteiger partial charge in [-0.15, -0.1) is 0 Å². The lowest BCUT2D eigenvalue weighted by Crippen LogP contribution is -1.86. The normalized spacial score (nSPS) is 10.1. The van der Waals surface area contributed by atoms with Crippen molar-refractivity contribution in [3.05, 3.63) is 45.7 Å². The molecular formula is C10H6Br2N2. The lowest BCUT2D eigenvalue weighted by molar-refractivity contribution is 1.12. The molecule has 0 atom stereocenters. The van der Waals surface area contributed by atoms with Crippen LogP contribution in [0.15, 0.2) is 45.7 Å². The third-order valence-electron chi connectivity index (χ3n) is 1.75. The highest BCUT2D eigenvalue weighted by molar-refractivity contribution is 9.10. The van der Waals surface area contributed by atoms with Crippen LogP contribution in [0.4, 0.5) is 0 Å². The van der Waals surface area contributed by atoms with Gasteiger partial charge in [-0.25, -0.2) is 9.97 Å². The Kier molecular flexibility index (Phi) is 2.93. The maximum atomic E-state index is 4.27. The van der Waals surface area contributed by atoms with Crippen LogP contribution < -0.4 is 0 Å². The van der Waals surface area contributed by atoms with Gasteiger partial charge in [-0.1, -0.05) is 28.1 Å². The lowest BCUT2D eigenvalue weighted by Gasteiger charge is -2.00. The van der Waals surface area contributed by atoms with E-state index in [1.54, 1.807) is 6.20 Å². The van der Waals surface area contributed by atoms with E-state index in [4.69, 9.17) is 0 Å². The SMILES string of the molecule is Brc1cccc(-c2ccnc(Br)n2)c1. The summed E-state index contributed by atoms with van der Waals surface area (Å²) in [6.45, 7) is 0. The van der Waals surface area contributed by atoms with Gasteiger partial charge in [0.2, 0.25) is 0 Å². The summed E-state index contributed by atoms with van der Waals surface area (Å²) in [7, 11) is 0. The van der Waals surface area contributed by atoms with E-state index in [1.807, 2.05) is 30.3 Å². The van der Waals surface area contributed by atoms with E-state index in [0.29, 0.717) is 4.73 Å². The molecule has 0 aliphatic rings. The molecule has 4 heteroatoms. The highest BCUT2D eigenvalue weighted by Crippen LogP contribution is 2.21. The molecule has 0 aliphatic heterocycles. The van der Waals surface area contributed by atoms with Crippen molar-refractivity contribution in [3.8, 4) is 11.3 Å². The van der Waals surface area contributed by atoms with Crippen LogP contribution in [0.3, 0.4) is 0 Å². The molecule has 2 rings (SSSR count). The van der Waals surface area contributed by atoms with Crippen LogP contribution in [-0.2, 0) is 0 Å². The van der Waals surface area contributed by atoms with Gasteiger partial charge in [0.1, 0.15) is 0 Å². The fraction of sp³-hybridized carbons (Fsp3) is 0. The number of hydrogen-bond acceptors (Lipinski definition) is 2. The predicted octanol–water partition coefficient (Wildman–Crippen LogP) is 3.67. The van der Waals surface area contributed by atoms with Gasteiger partial charge in [-0.3, -0.25) is 0 Å². The molecule has 0 unspecified atom stereocenters. The summed E-state index contributed by atoms with van der Waals surface area (Å²) >= 11 is 6.67. The Morgan fingerprint density at radius 3 is 2.64 bits per heavy atom. The van der Waals surface area contributed by atoms with Crippen molar-refractivity contribution in [2.24, 2.45) is 0 Å². The van der Waals surface area contributed by atoms with E-state index in [1.165, 1.54) is 0 Å². The Morgan fingerprint density at radius 1 is 1.07 bits per heavy atom. The summed E-state index contributed by atoms with van der Waals surface area (Å²) < 4.78 is 1.65. The summed E-state index contributed by atoms with van der Waals surface area (Å²) in [5.41, 5.74) is 1.98. The van der Waals surface area contributed by atoms with Crippen LogP contribution in [0.1, 0.15) is 0 Å². The van der Waals surface area contributed by atoms with Gasteiger partial charge in [0.25, 0.3) is 0 Å². The molecule has 2 nitrogen and oxygen atoms in total. The molecular weight excluding hydrogens is 308 g/mol. The fourth-order valence-corrected chi connectivity index (χ4v) is 1.85. The molecule has 14 heavy (non-hydrogen) atoms. The van der Waals surface area contributed by atoms with Crippen LogP contribution >= 0.6 is 31.9 Å². The number of hydrogen-bond donors (Lipinski definition) is 0. The number of benzene rings is 1. The molecule has 0 saturated carbocycles. The quantitative estimate of drug-likeness (QED) is 0.751. The van der Waals surface area contributed by atoms with Crippen molar-refractivity contribution in [2.45, 2.75) is 0 Å². The predicted molar refractivity (Wildman–Crippen MR) is 62.9 cm³/mol. The van der Waals surface area contributed by atoms with Crippen molar-refractivity contribution >= 4 is 31.9 Å². The first-order valence-electron chi connectivity index (χ1n) is 4.00. The van der Waals surface area contributed by atoms with Crippen molar-refractivity contribution < 1.29 is 0 Å². The topological polar surface area (TPSA) is 25.8 Å². The van der Waals surface area contributed by atoms with Crippen molar-refractivity contribution in [3.63, 3.8) is 0 Å². The number of nitrogens with zero attached hydrogens (tertiary/aromatic N) is 2. The Hall–Kier alpha value is -0.740. The van der Waals surface area contributed by atoms with Gasteiger partial charge in [0.05, 0.1) is 5.69 Å². The summed E-state index contributed by atoms with van der Waals surface area (Å²) in [4.78, 5) is 8.25. The molecule has 70 valence electrons. The summed E-state index contributed by atoms with van der Waals surface area (Å²) in [5.74, 6) is 0. The monoisotopic (exact) mass is 312 g/mol. The molecule has 0 N–H and O–H groups in total. The maximum Gasteiger partial charge on any atom is 0.197 e. The third kappa shape index (κ3) is 2.19. The first kappa shape index (κ1) is 9.80. The summed E-state index contributed by atoms with van der Waals surface area (Å²) in [5, 5.41) is 0. The fourth-order valence-electron chi connectivity index (χ4n) is 1.14. The molecule has 0 aliphatic carbocycles. The molecule has 0 saturated heterocycles. The van der Waals surface area contributed by atoms with Crippen LogP contribution in [0, 0.1) is 0 Å². The van der Waals surface area contributed by atoms with Crippen LogP contribution in [0.25, 0.3) is 11.3 Å². The highest BCUT2D eigenvalue weighted by atomic mass is 79.9. The molecule has 0 amide bonds. The maximum absolute atomic E-state index is 4.27. The zero-order valence-electron chi connectivity index (χ0n) is 7.11. The minimum Gasteiger partial charge on any atom is -0.231 e. The van der Waals surface area contributed by atoms with Crippen molar-refractivity contribution in [2.75, 3.05) is 0 Å². The van der Waals surface area contributed by atoms with Crippen LogP contribution in [0.5, 0.6) is 0 Å². The summed E-state index contributed by atoms with van der Waals surface area (Å²) in [6.07, 6.45) is 1.73. The number of halogens is 2. The second-order valence-electron chi connectivity index (χ2n) is 2.72. The van der Waals surface area contributed by atoms with E-state index >= 15 is 0 Å². The lowest BCUT2D eigenvalue weighted by atomic mass is 10.1. The smallest absolute Gasteiger partial charge is 0.197 e. The van der Waals surface area contributed by atoms with E-state index in [2.05, 4.69) is 41.8 Å². The highest BCUT2D eigenvalue weighted by Gasteiger charge is 2.00. The van der Waals surface area contributed by atoms with Gasteiger partial charge in [-0.2, -0.15) is 0 Å². The van der Waals surface area contributed by atoms with Gasteiger partial charge < -0.3 is 0 Å². The second kappa shape index (κ2) is 4.19. The summed E-state index contributed by atoms with van der Waals surface area (Å²) in [6, 6.07) is 9.88. The van der Waals surface area contributed by atoms with E-state index < -0.39 is 0 Å². The standard InChI is InChI=1S/C10H6Br2N2/c11-8-3-1-2-7(6-8)9-4-5-13-10(12)14-9/h1-6H. The van der Waals surface area contributed by atoms with Crippen LogP contribution in [-0.4, -0.2) is 9.97 Å². The number of rotatable bonds is 1.